The SMILES string of the molecule is [C-]#[N+]c1ccc2c(c1)n(C)c(CC)[n+]2CC(=O)O[C@@H]1C[C@H](C)CC[C@H]1C(C)C.[I-]. The van der Waals surface area contributed by atoms with Crippen LogP contribution in [0.15, 0.2) is 18.2 Å². The topological polar surface area (TPSA) is 39.5 Å². The fourth-order valence-corrected chi connectivity index (χ4v) is 4.73. The second-order valence-corrected chi connectivity index (χ2v) is 8.55. The number of carbonyl (C=O) groups is 1. The minimum absolute atomic E-state index is 0. The monoisotopic (exact) mass is 509 g/mol. The van der Waals surface area contributed by atoms with Gasteiger partial charge in [-0.2, -0.15) is 0 Å². The van der Waals surface area contributed by atoms with Crippen molar-refractivity contribution in [3.63, 3.8) is 0 Å². The van der Waals surface area contributed by atoms with Crippen LogP contribution in [0.3, 0.4) is 0 Å². The van der Waals surface area contributed by atoms with Gasteiger partial charge < -0.3 is 28.7 Å². The lowest BCUT2D eigenvalue weighted by Crippen LogP contribution is -3.00. The van der Waals surface area contributed by atoms with Crippen molar-refractivity contribution in [3.05, 3.63) is 35.4 Å². The van der Waals surface area contributed by atoms with Gasteiger partial charge in [0.1, 0.15) is 6.10 Å². The van der Waals surface area contributed by atoms with Crippen molar-refractivity contribution in [3.8, 4) is 0 Å². The molecule has 1 aromatic heterocycles. The van der Waals surface area contributed by atoms with Gasteiger partial charge in [0.05, 0.1) is 13.6 Å². The summed E-state index contributed by atoms with van der Waals surface area (Å²) in [4.78, 5) is 16.4. The summed E-state index contributed by atoms with van der Waals surface area (Å²) in [5.41, 5.74) is 2.56. The number of aryl methyl sites for hydroxylation is 1. The van der Waals surface area contributed by atoms with Gasteiger partial charge in [0.2, 0.25) is 0 Å². The van der Waals surface area contributed by atoms with E-state index in [9.17, 15) is 4.79 Å². The number of ether oxygens (including phenoxy) is 1. The Labute approximate surface area is 191 Å². The third-order valence-electron chi connectivity index (χ3n) is 6.29. The first-order valence-corrected chi connectivity index (χ1v) is 10.4. The van der Waals surface area contributed by atoms with E-state index in [0.29, 0.717) is 23.4 Å². The first kappa shape index (κ1) is 23.7. The highest BCUT2D eigenvalue weighted by molar-refractivity contribution is 5.78. The van der Waals surface area contributed by atoms with Crippen LogP contribution in [0.4, 0.5) is 5.69 Å². The van der Waals surface area contributed by atoms with E-state index in [2.05, 4.69) is 37.1 Å². The Balaban J connectivity index is 0.00000300. The number of benzene rings is 1. The molecule has 5 nitrogen and oxygen atoms in total. The second kappa shape index (κ2) is 9.92. The molecule has 0 N–H and O–H groups in total. The van der Waals surface area contributed by atoms with Crippen molar-refractivity contribution in [2.45, 2.75) is 66.0 Å². The molecule has 1 aromatic carbocycles. The summed E-state index contributed by atoms with van der Waals surface area (Å²) < 4.78 is 10.1. The molecule has 1 aliphatic rings. The number of hydrogen-bond donors (Lipinski definition) is 0. The number of carbonyl (C=O) groups excluding carboxylic acids is 1. The van der Waals surface area contributed by atoms with Crippen molar-refractivity contribution in [1.82, 2.24) is 4.57 Å². The second-order valence-electron chi connectivity index (χ2n) is 8.55. The number of rotatable bonds is 5. The summed E-state index contributed by atoms with van der Waals surface area (Å²) in [6.45, 7) is 16.3. The maximum Gasteiger partial charge on any atom is 0.348 e. The van der Waals surface area contributed by atoms with E-state index in [1.165, 1.54) is 6.42 Å². The highest BCUT2D eigenvalue weighted by Gasteiger charge is 2.34. The van der Waals surface area contributed by atoms with E-state index in [1.807, 2.05) is 29.8 Å². The lowest BCUT2D eigenvalue weighted by molar-refractivity contribution is -0.668. The van der Waals surface area contributed by atoms with E-state index < -0.39 is 0 Å². The molecule has 3 rings (SSSR count). The van der Waals surface area contributed by atoms with Gasteiger partial charge in [-0.1, -0.05) is 40.2 Å². The molecule has 1 heterocycles. The molecule has 0 amide bonds. The van der Waals surface area contributed by atoms with Gasteiger partial charge in [-0.15, -0.1) is 0 Å². The van der Waals surface area contributed by atoms with Crippen LogP contribution in [0.5, 0.6) is 0 Å². The predicted octanol–water partition coefficient (Wildman–Crippen LogP) is 1.59. The summed E-state index contributed by atoms with van der Waals surface area (Å²) in [6, 6.07) is 5.64. The fourth-order valence-electron chi connectivity index (χ4n) is 4.73. The Morgan fingerprint density at radius 1 is 1.38 bits per heavy atom. The number of esters is 1. The highest BCUT2D eigenvalue weighted by atomic mass is 127. The van der Waals surface area contributed by atoms with Gasteiger partial charge in [-0.3, -0.25) is 0 Å². The zero-order valence-corrected chi connectivity index (χ0v) is 20.3. The van der Waals surface area contributed by atoms with E-state index >= 15 is 0 Å². The number of imidazole rings is 1. The van der Waals surface area contributed by atoms with Crippen LogP contribution >= 0.6 is 0 Å². The van der Waals surface area contributed by atoms with E-state index in [0.717, 1.165) is 36.1 Å². The molecule has 0 bridgehead atoms. The quantitative estimate of drug-likeness (QED) is 0.266. The van der Waals surface area contributed by atoms with Gasteiger partial charge >= 0.3 is 5.97 Å². The van der Waals surface area contributed by atoms with Crippen LogP contribution in [0.1, 0.15) is 52.8 Å². The third-order valence-corrected chi connectivity index (χ3v) is 6.29. The molecule has 3 atom stereocenters. The minimum atomic E-state index is -0.161. The Morgan fingerprint density at radius 2 is 2.10 bits per heavy atom. The third kappa shape index (κ3) is 4.93. The van der Waals surface area contributed by atoms with Crippen molar-refractivity contribution in [1.29, 1.82) is 0 Å². The first-order valence-electron chi connectivity index (χ1n) is 10.4. The molecule has 1 saturated carbocycles. The number of nitrogens with zero attached hydrogens (tertiary/aromatic N) is 3. The zero-order chi connectivity index (χ0) is 20.4. The van der Waals surface area contributed by atoms with Crippen LogP contribution in [-0.2, 0) is 29.5 Å². The molecule has 0 saturated heterocycles. The van der Waals surface area contributed by atoms with Crippen molar-refractivity contribution in [2.75, 3.05) is 0 Å². The number of hydrogen-bond acceptors (Lipinski definition) is 2. The molecule has 0 radical (unpaired) electrons. The van der Waals surface area contributed by atoms with Crippen molar-refractivity contribution >= 4 is 22.7 Å². The van der Waals surface area contributed by atoms with E-state index in [1.54, 1.807) is 0 Å². The summed E-state index contributed by atoms with van der Waals surface area (Å²) in [5.74, 6) is 2.48. The molecular weight excluding hydrogens is 477 g/mol. The molecule has 29 heavy (non-hydrogen) atoms. The smallest absolute Gasteiger partial charge is 0.348 e. The van der Waals surface area contributed by atoms with Gasteiger partial charge in [0, 0.05) is 6.42 Å². The molecule has 158 valence electrons. The normalized spacial score (nSPS) is 21.6. The fraction of sp³-hybridized carbons (Fsp3) is 0.609. The van der Waals surface area contributed by atoms with Gasteiger partial charge in [0.15, 0.2) is 23.3 Å². The van der Waals surface area contributed by atoms with Gasteiger partial charge in [0.25, 0.3) is 5.82 Å². The number of fused-ring (bicyclic) bond motifs is 1. The van der Waals surface area contributed by atoms with Crippen LogP contribution in [0.2, 0.25) is 0 Å². The average Bonchev–Trinajstić information content (AvgIpc) is 2.92. The molecule has 6 heteroatoms. The summed E-state index contributed by atoms with van der Waals surface area (Å²) in [6.07, 6.45) is 4.14. The molecule has 1 aliphatic carbocycles. The molecule has 0 unspecified atom stereocenters. The van der Waals surface area contributed by atoms with Crippen LogP contribution in [-0.4, -0.2) is 16.6 Å². The zero-order valence-electron chi connectivity index (χ0n) is 18.1. The van der Waals surface area contributed by atoms with E-state index in [-0.39, 0.29) is 42.6 Å². The first-order chi connectivity index (χ1) is 13.3. The highest BCUT2D eigenvalue weighted by Crippen LogP contribution is 2.35. The summed E-state index contributed by atoms with van der Waals surface area (Å²) in [5, 5.41) is 0. The van der Waals surface area contributed by atoms with Crippen molar-refractivity contribution in [2.24, 2.45) is 24.8 Å². The standard InChI is InChI=1S/C23H32N3O2.HI/c1-7-22-25(6)20-13-17(24-5)9-11-19(20)26(22)14-23(27)28-21-12-16(4)8-10-18(21)15(2)3;/h9,11,13,15-16,18,21H,7-8,10,12,14H2,1-4,6H3;1H/q+1;/p-1/t16-,18+,21-;/m1./s1. The van der Waals surface area contributed by atoms with Crippen LogP contribution in [0.25, 0.3) is 15.9 Å². The molecule has 1 fully saturated rings. The van der Waals surface area contributed by atoms with Crippen LogP contribution in [0, 0.1) is 24.3 Å². The lowest BCUT2D eigenvalue weighted by Gasteiger charge is -2.36. The van der Waals surface area contributed by atoms with E-state index in [4.69, 9.17) is 11.3 Å². The maximum absolute atomic E-state index is 12.9. The number of halogens is 1. The molecule has 0 aliphatic heterocycles. The Morgan fingerprint density at radius 3 is 2.72 bits per heavy atom. The van der Waals surface area contributed by atoms with Crippen LogP contribution < -0.4 is 28.5 Å². The Bertz CT molecular complexity index is 913. The van der Waals surface area contributed by atoms with Gasteiger partial charge in [-0.25, -0.2) is 18.8 Å². The average molecular weight is 509 g/mol. The summed E-state index contributed by atoms with van der Waals surface area (Å²) >= 11 is 0. The van der Waals surface area contributed by atoms with Gasteiger partial charge in [-0.05, 0) is 42.7 Å². The molecule has 0 spiro atoms. The van der Waals surface area contributed by atoms with Crippen molar-refractivity contribution < 1.29 is 38.1 Å². The lowest BCUT2D eigenvalue weighted by atomic mass is 9.75. The number of aromatic nitrogens is 2. The minimum Gasteiger partial charge on any atom is -1.00 e. The molecule has 2 aromatic rings. The summed E-state index contributed by atoms with van der Waals surface area (Å²) in [7, 11) is 1.99. The predicted molar refractivity (Wildman–Crippen MR) is 110 cm³/mol. The Kier molecular flexibility index (Phi) is 8.10. The maximum atomic E-state index is 12.9. The Hall–Kier alpha value is -1.62. The largest absolute Gasteiger partial charge is 1.00 e. The molecular formula is C23H32IN3O2.